The zero-order valence-electron chi connectivity index (χ0n) is 16.5. The van der Waals surface area contributed by atoms with Crippen molar-refractivity contribution < 1.29 is 4.79 Å². The average molecular weight is 376 g/mol. The van der Waals surface area contributed by atoms with Gasteiger partial charge in [-0.3, -0.25) is 0 Å². The highest BCUT2D eigenvalue weighted by Gasteiger charge is 2.25. The summed E-state index contributed by atoms with van der Waals surface area (Å²) in [6.07, 6.45) is 6.14. The number of amides is 2. The number of H-pyrrole nitrogens is 1. The Balaban J connectivity index is 1.27. The summed E-state index contributed by atoms with van der Waals surface area (Å²) in [5, 5.41) is 4.50. The van der Waals surface area contributed by atoms with Crippen LogP contribution in [0.15, 0.2) is 60.8 Å². The number of piperidine rings is 1. The third-order valence-electron chi connectivity index (χ3n) is 5.92. The molecule has 1 unspecified atom stereocenters. The molecule has 3 aromatic rings. The van der Waals surface area contributed by atoms with Gasteiger partial charge in [0.15, 0.2) is 0 Å². The van der Waals surface area contributed by atoms with E-state index in [4.69, 9.17) is 0 Å². The Morgan fingerprint density at radius 2 is 1.82 bits per heavy atom. The van der Waals surface area contributed by atoms with Crippen LogP contribution in [0.1, 0.15) is 43.2 Å². The molecule has 0 radical (unpaired) electrons. The smallest absolute Gasteiger partial charge is 0.317 e. The van der Waals surface area contributed by atoms with Crippen molar-refractivity contribution in [3.05, 3.63) is 71.9 Å². The summed E-state index contributed by atoms with van der Waals surface area (Å²) in [6, 6.07) is 19.2. The zero-order chi connectivity index (χ0) is 19.3. The fraction of sp³-hybridized carbons (Fsp3) is 0.375. The molecule has 0 aliphatic carbocycles. The lowest BCUT2D eigenvalue weighted by molar-refractivity contribution is 0.178. The second kappa shape index (κ2) is 8.51. The van der Waals surface area contributed by atoms with Crippen molar-refractivity contribution in [2.75, 3.05) is 13.1 Å². The monoisotopic (exact) mass is 375 g/mol. The van der Waals surface area contributed by atoms with Crippen LogP contribution < -0.4 is 5.32 Å². The van der Waals surface area contributed by atoms with Gasteiger partial charge in [-0.05, 0) is 55.7 Å². The quantitative estimate of drug-likeness (QED) is 0.642. The summed E-state index contributed by atoms with van der Waals surface area (Å²) in [5.74, 6) is 0.524. The second-order valence-corrected chi connectivity index (χ2v) is 7.93. The van der Waals surface area contributed by atoms with E-state index in [1.54, 1.807) is 0 Å². The van der Waals surface area contributed by atoms with Crippen LogP contribution in [0.5, 0.6) is 0 Å². The summed E-state index contributed by atoms with van der Waals surface area (Å²) in [6.45, 7) is 3.74. The van der Waals surface area contributed by atoms with Gasteiger partial charge in [0.25, 0.3) is 0 Å². The number of aryl methyl sites for hydroxylation is 1. The minimum Gasteiger partial charge on any atom is -0.361 e. The van der Waals surface area contributed by atoms with E-state index in [9.17, 15) is 4.79 Å². The van der Waals surface area contributed by atoms with Crippen LogP contribution in [0.4, 0.5) is 4.79 Å². The van der Waals surface area contributed by atoms with Gasteiger partial charge in [0.1, 0.15) is 0 Å². The van der Waals surface area contributed by atoms with E-state index in [0.29, 0.717) is 5.92 Å². The number of urea groups is 1. The van der Waals surface area contributed by atoms with Crippen molar-refractivity contribution in [3.8, 4) is 0 Å². The van der Waals surface area contributed by atoms with E-state index in [0.717, 1.165) is 38.8 Å². The molecule has 1 aromatic heterocycles. The van der Waals surface area contributed by atoms with Gasteiger partial charge in [-0.25, -0.2) is 4.79 Å². The number of hydrogen-bond donors (Lipinski definition) is 2. The average Bonchev–Trinajstić information content (AvgIpc) is 3.17. The molecule has 1 fully saturated rings. The van der Waals surface area contributed by atoms with E-state index in [2.05, 4.69) is 72.0 Å². The van der Waals surface area contributed by atoms with Crippen LogP contribution in [0.25, 0.3) is 10.9 Å². The molecule has 4 heteroatoms. The molecule has 1 atom stereocenters. The van der Waals surface area contributed by atoms with Gasteiger partial charge in [-0.1, -0.05) is 48.5 Å². The van der Waals surface area contributed by atoms with Crippen LogP contribution in [-0.4, -0.2) is 35.0 Å². The van der Waals surface area contributed by atoms with Crippen molar-refractivity contribution in [2.45, 2.75) is 44.6 Å². The molecule has 0 saturated carbocycles. The van der Waals surface area contributed by atoms with Gasteiger partial charge in [-0.15, -0.1) is 0 Å². The molecule has 0 bridgehead atoms. The predicted octanol–water partition coefficient (Wildman–Crippen LogP) is 5.08. The Bertz CT molecular complexity index is 910. The Labute approximate surface area is 166 Å². The van der Waals surface area contributed by atoms with E-state index in [1.807, 2.05) is 11.0 Å². The summed E-state index contributed by atoms with van der Waals surface area (Å²) >= 11 is 0. The van der Waals surface area contributed by atoms with E-state index >= 15 is 0 Å². The molecule has 1 aliphatic heterocycles. The highest BCUT2D eigenvalue weighted by Crippen LogP contribution is 2.33. The van der Waals surface area contributed by atoms with Crippen LogP contribution in [0.2, 0.25) is 0 Å². The molecule has 0 spiro atoms. The lowest BCUT2D eigenvalue weighted by Crippen LogP contribution is -2.47. The summed E-state index contributed by atoms with van der Waals surface area (Å²) in [7, 11) is 0. The van der Waals surface area contributed by atoms with Gasteiger partial charge < -0.3 is 15.2 Å². The Morgan fingerprint density at radius 1 is 1.11 bits per heavy atom. The topological polar surface area (TPSA) is 48.1 Å². The Hall–Kier alpha value is -2.75. The number of rotatable bonds is 5. The molecule has 4 rings (SSSR count). The van der Waals surface area contributed by atoms with Gasteiger partial charge in [0.2, 0.25) is 0 Å². The van der Waals surface area contributed by atoms with E-state index in [-0.39, 0.29) is 12.1 Å². The first-order chi connectivity index (χ1) is 13.7. The lowest BCUT2D eigenvalue weighted by atomic mass is 9.89. The molecule has 28 heavy (non-hydrogen) atoms. The molecule has 2 aromatic carbocycles. The molecule has 2 N–H and O–H groups in total. The third kappa shape index (κ3) is 4.22. The first kappa shape index (κ1) is 18.6. The molecule has 2 heterocycles. The van der Waals surface area contributed by atoms with Gasteiger partial charge in [0.05, 0.1) is 0 Å². The van der Waals surface area contributed by atoms with Crippen LogP contribution in [-0.2, 0) is 6.42 Å². The van der Waals surface area contributed by atoms with Gasteiger partial charge in [-0.2, -0.15) is 0 Å². The molecular weight excluding hydrogens is 346 g/mol. The van der Waals surface area contributed by atoms with Gasteiger partial charge >= 0.3 is 6.03 Å². The summed E-state index contributed by atoms with van der Waals surface area (Å²) in [5.41, 5.74) is 3.92. The zero-order valence-corrected chi connectivity index (χ0v) is 16.5. The number of fused-ring (bicyclic) bond motifs is 1. The highest BCUT2D eigenvalue weighted by molar-refractivity contribution is 5.83. The first-order valence-corrected chi connectivity index (χ1v) is 10.4. The fourth-order valence-electron chi connectivity index (χ4n) is 4.23. The minimum atomic E-state index is 0.0814. The number of aromatic nitrogens is 1. The SMILES string of the molecule is CC(CCc1ccccc1)NC(=O)N1CCC(c2c[nH]c3ccccc23)CC1. The number of benzene rings is 2. The van der Waals surface area contributed by atoms with Crippen molar-refractivity contribution in [1.82, 2.24) is 15.2 Å². The number of likely N-dealkylation sites (tertiary alicyclic amines) is 1. The number of carbonyl (C=O) groups is 1. The van der Waals surface area contributed by atoms with E-state index in [1.165, 1.54) is 22.0 Å². The number of para-hydroxylation sites is 1. The Morgan fingerprint density at radius 3 is 2.61 bits per heavy atom. The minimum absolute atomic E-state index is 0.0814. The largest absolute Gasteiger partial charge is 0.361 e. The maximum absolute atomic E-state index is 12.6. The number of aromatic amines is 1. The summed E-state index contributed by atoms with van der Waals surface area (Å²) in [4.78, 5) is 18.0. The maximum atomic E-state index is 12.6. The first-order valence-electron chi connectivity index (χ1n) is 10.4. The Kier molecular flexibility index (Phi) is 5.65. The molecular formula is C24H29N3O. The number of carbonyl (C=O) groups excluding carboxylic acids is 1. The number of nitrogens with one attached hydrogen (secondary N) is 2. The third-order valence-corrected chi connectivity index (χ3v) is 5.92. The van der Waals surface area contributed by atoms with Crippen LogP contribution in [0, 0.1) is 0 Å². The number of hydrogen-bond acceptors (Lipinski definition) is 1. The molecule has 1 saturated heterocycles. The standard InChI is InChI=1S/C24H29N3O/c1-18(11-12-19-7-3-2-4-8-19)26-24(28)27-15-13-20(14-16-27)22-17-25-23-10-6-5-9-21(22)23/h2-10,17-18,20,25H,11-16H2,1H3,(H,26,28). The normalized spacial score (nSPS) is 16.2. The van der Waals surface area contributed by atoms with Crippen molar-refractivity contribution in [3.63, 3.8) is 0 Å². The number of nitrogens with zero attached hydrogens (tertiary/aromatic N) is 1. The molecule has 146 valence electrons. The van der Waals surface area contributed by atoms with Crippen molar-refractivity contribution in [1.29, 1.82) is 0 Å². The van der Waals surface area contributed by atoms with Crippen molar-refractivity contribution in [2.24, 2.45) is 0 Å². The highest BCUT2D eigenvalue weighted by atomic mass is 16.2. The van der Waals surface area contributed by atoms with Crippen LogP contribution in [0.3, 0.4) is 0 Å². The van der Waals surface area contributed by atoms with Gasteiger partial charge in [0, 0.05) is 36.2 Å². The molecule has 2 amide bonds. The van der Waals surface area contributed by atoms with Crippen molar-refractivity contribution >= 4 is 16.9 Å². The maximum Gasteiger partial charge on any atom is 0.317 e. The second-order valence-electron chi connectivity index (χ2n) is 7.93. The lowest BCUT2D eigenvalue weighted by Gasteiger charge is -2.33. The summed E-state index contributed by atoms with van der Waals surface area (Å²) < 4.78 is 0. The van der Waals surface area contributed by atoms with E-state index < -0.39 is 0 Å². The van der Waals surface area contributed by atoms with Crippen LogP contribution >= 0.6 is 0 Å². The molecule has 4 nitrogen and oxygen atoms in total. The fourth-order valence-corrected chi connectivity index (χ4v) is 4.23. The molecule has 1 aliphatic rings. The predicted molar refractivity (Wildman–Crippen MR) is 115 cm³/mol.